The second-order valence-corrected chi connectivity index (χ2v) is 9.29. The number of anilines is 1. The molecule has 3 heterocycles. The fraction of sp³-hybridized carbons (Fsp3) is 0.550. The third-order valence-corrected chi connectivity index (χ3v) is 6.64. The third-order valence-electron chi connectivity index (χ3n) is 4.63. The molecule has 2 aromatic rings. The van der Waals surface area contributed by atoms with E-state index < -0.39 is 0 Å². The van der Waals surface area contributed by atoms with Crippen LogP contribution in [0.25, 0.3) is 10.6 Å². The summed E-state index contributed by atoms with van der Waals surface area (Å²) in [6.45, 7) is 7.31. The number of aromatic nitrogens is 1. The van der Waals surface area contributed by atoms with Gasteiger partial charge >= 0.3 is 0 Å². The Kier molecular flexibility index (Phi) is 8.34. The van der Waals surface area contributed by atoms with Gasteiger partial charge in [0.15, 0.2) is 0 Å². The van der Waals surface area contributed by atoms with E-state index in [1.165, 1.54) is 21.8 Å². The minimum atomic E-state index is -0.217. The molecule has 0 saturated heterocycles. The molecule has 0 radical (unpaired) electrons. The van der Waals surface area contributed by atoms with Crippen molar-refractivity contribution in [3.8, 4) is 10.6 Å². The summed E-state index contributed by atoms with van der Waals surface area (Å²) in [4.78, 5) is 30.6. The first-order valence-electron chi connectivity index (χ1n) is 10.1. The molecule has 0 atom stereocenters. The van der Waals surface area contributed by atoms with Crippen molar-refractivity contribution in [3.63, 3.8) is 0 Å². The number of thiazole rings is 1. The summed E-state index contributed by atoms with van der Waals surface area (Å²) in [5.41, 5.74) is 2.57. The average Bonchev–Trinajstić information content (AvgIpc) is 3.32. The number of nitrogens with zero attached hydrogens (tertiary/aromatic N) is 1. The fourth-order valence-electron chi connectivity index (χ4n) is 3.16. The van der Waals surface area contributed by atoms with Crippen molar-refractivity contribution in [2.75, 3.05) is 38.7 Å². The van der Waals surface area contributed by atoms with Crippen LogP contribution < -0.4 is 21.3 Å². The Morgan fingerprint density at radius 1 is 1.33 bits per heavy atom. The second-order valence-electron chi connectivity index (χ2n) is 7.33. The van der Waals surface area contributed by atoms with Crippen molar-refractivity contribution >= 4 is 39.5 Å². The van der Waals surface area contributed by atoms with Crippen LogP contribution in [0, 0.1) is 0 Å². The van der Waals surface area contributed by atoms with Crippen molar-refractivity contribution < 1.29 is 14.3 Å². The fourth-order valence-corrected chi connectivity index (χ4v) is 5.34. The number of carbonyl (C=O) groups excluding carboxylic acids is 2. The smallest absolute Gasteiger partial charge is 0.270 e. The standard InChI is InChI=1S/C20H29N5O3S2/c1-12(2)22-7-5-16(26)25-20-17(13-4-6-21-10-15(13)30-20)19-24-14(11-29-19)18(27)23-8-9-28-3/h11-12,21-22H,4-10H2,1-3H3,(H,23,27)(H,25,26). The molecule has 1 aliphatic heterocycles. The molecule has 2 amide bonds. The van der Waals surface area contributed by atoms with E-state index in [4.69, 9.17) is 4.74 Å². The van der Waals surface area contributed by atoms with Crippen molar-refractivity contribution in [2.24, 2.45) is 0 Å². The summed E-state index contributed by atoms with van der Waals surface area (Å²) in [6.07, 6.45) is 1.28. The van der Waals surface area contributed by atoms with Crippen LogP contribution in [0.1, 0.15) is 41.2 Å². The zero-order valence-electron chi connectivity index (χ0n) is 17.6. The highest BCUT2D eigenvalue weighted by molar-refractivity contribution is 7.18. The Labute approximate surface area is 184 Å². The van der Waals surface area contributed by atoms with Crippen LogP contribution >= 0.6 is 22.7 Å². The maximum atomic E-state index is 12.5. The van der Waals surface area contributed by atoms with Gasteiger partial charge in [0.1, 0.15) is 15.7 Å². The van der Waals surface area contributed by atoms with E-state index in [2.05, 4.69) is 40.1 Å². The summed E-state index contributed by atoms with van der Waals surface area (Å²) in [6, 6.07) is 0.345. The van der Waals surface area contributed by atoms with Gasteiger partial charge in [-0.1, -0.05) is 13.8 Å². The van der Waals surface area contributed by atoms with Gasteiger partial charge in [0.2, 0.25) is 5.91 Å². The highest BCUT2D eigenvalue weighted by atomic mass is 32.1. The van der Waals surface area contributed by atoms with Gasteiger partial charge in [-0.3, -0.25) is 9.59 Å². The summed E-state index contributed by atoms with van der Waals surface area (Å²) >= 11 is 3.02. The van der Waals surface area contributed by atoms with Gasteiger partial charge in [0, 0.05) is 55.0 Å². The van der Waals surface area contributed by atoms with Crippen LogP contribution in [0.5, 0.6) is 0 Å². The van der Waals surface area contributed by atoms with Gasteiger partial charge in [-0.2, -0.15) is 0 Å². The average molecular weight is 452 g/mol. The topological polar surface area (TPSA) is 104 Å². The van der Waals surface area contributed by atoms with E-state index in [-0.39, 0.29) is 11.8 Å². The van der Waals surface area contributed by atoms with E-state index in [1.54, 1.807) is 23.8 Å². The SMILES string of the molecule is COCCNC(=O)c1csc(-c2c(NC(=O)CCNC(C)C)sc3c2CCNC3)n1. The number of ether oxygens (including phenoxy) is 1. The minimum Gasteiger partial charge on any atom is -0.383 e. The Hall–Kier alpha value is -1.85. The lowest BCUT2D eigenvalue weighted by Gasteiger charge is -2.13. The van der Waals surface area contributed by atoms with Gasteiger partial charge in [0.05, 0.1) is 6.61 Å². The largest absolute Gasteiger partial charge is 0.383 e. The van der Waals surface area contributed by atoms with Crippen LogP contribution in [0.15, 0.2) is 5.38 Å². The maximum absolute atomic E-state index is 12.5. The predicted molar refractivity (Wildman–Crippen MR) is 121 cm³/mol. The first-order chi connectivity index (χ1) is 14.5. The van der Waals surface area contributed by atoms with E-state index in [0.717, 1.165) is 35.1 Å². The molecule has 2 aromatic heterocycles. The number of fused-ring (bicyclic) bond motifs is 1. The summed E-state index contributed by atoms with van der Waals surface area (Å²) in [5, 5.41) is 15.9. The van der Waals surface area contributed by atoms with E-state index in [9.17, 15) is 9.59 Å². The molecule has 0 fully saturated rings. The first kappa shape index (κ1) is 22.8. The maximum Gasteiger partial charge on any atom is 0.270 e. The van der Waals surface area contributed by atoms with Gasteiger partial charge < -0.3 is 26.0 Å². The van der Waals surface area contributed by atoms with Crippen LogP contribution in [0.2, 0.25) is 0 Å². The molecular weight excluding hydrogens is 422 g/mol. The molecule has 0 unspecified atom stereocenters. The summed E-state index contributed by atoms with van der Waals surface area (Å²) < 4.78 is 4.97. The van der Waals surface area contributed by atoms with Crippen LogP contribution in [-0.2, 0) is 22.5 Å². The number of hydrogen-bond donors (Lipinski definition) is 4. The predicted octanol–water partition coefficient (Wildman–Crippen LogP) is 2.22. The zero-order chi connectivity index (χ0) is 21.5. The Bertz CT molecular complexity index is 878. The lowest BCUT2D eigenvalue weighted by Crippen LogP contribution is -2.27. The van der Waals surface area contributed by atoms with Gasteiger partial charge in [-0.15, -0.1) is 22.7 Å². The lowest BCUT2D eigenvalue weighted by molar-refractivity contribution is -0.116. The molecule has 4 N–H and O–H groups in total. The monoisotopic (exact) mass is 451 g/mol. The van der Waals surface area contributed by atoms with Crippen LogP contribution in [0.3, 0.4) is 0 Å². The highest BCUT2D eigenvalue weighted by Crippen LogP contribution is 2.43. The van der Waals surface area contributed by atoms with E-state index in [0.29, 0.717) is 37.9 Å². The van der Waals surface area contributed by atoms with Crippen LogP contribution in [-0.4, -0.2) is 56.2 Å². The number of nitrogens with one attached hydrogen (secondary N) is 4. The molecule has 164 valence electrons. The third kappa shape index (κ3) is 5.86. The zero-order valence-corrected chi connectivity index (χ0v) is 19.2. The molecule has 8 nitrogen and oxygen atoms in total. The van der Waals surface area contributed by atoms with Crippen molar-refractivity contribution in [2.45, 2.75) is 39.3 Å². The number of hydrogen-bond acceptors (Lipinski definition) is 8. The Morgan fingerprint density at radius 2 is 2.17 bits per heavy atom. The normalized spacial score (nSPS) is 13.3. The van der Waals surface area contributed by atoms with Gasteiger partial charge in [0.25, 0.3) is 5.91 Å². The molecule has 10 heteroatoms. The number of amides is 2. The molecule has 0 aromatic carbocycles. The first-order valence-corrected chi connectivity index (χ1v) is 11.8. The number of rotatable bonds is 10. The molecular formula is C20H29N5O3S2. The Morgan fingerprint density at radius 3 is 2.93 bits per heavy atom. The van der Waals surface area contributed by atoms with E-state index in [1.807, 2.05) is 0 Å². The quantitative estimate of drug-likeness (QED) is 0.413. The number of carbonyl (C=O) groups is 2. The van der Waals surface area contributed by atoms with Crippen molar-refractivity contribution in [1.29, 1.82) is 0 Å². The lowest BCUT2D eigenvalue weighted by atomic mass is 10.0. The van der Waals surface area contributed by atoms with Crippen molar-refractivity contribution in [3.05, 3.63) is 21.5 Å². The molecule has 0 saturated carbocycles. The molecule has 0 spiro atoms. The highest BCUT2D eigenvalue weighted by Gasteiger charge is 2.25. The number of thiophene rings is 1. The van der Waals surface area contributed by atoms with Gasteiger partial charge in [-0.05, 0) is 18.5 Å². The van der Waals surface area contributed by atoms with Crippen molar-refractivity contribution in [1.82, 2.24) is 20.9 Å². The summed E-state index contributed by atoms with van der Waals surface area (Å²) in [5.74, 6) is -0.240. The van der Waals surface area contributed by atoms with Crippen LogP contribution in [0.4, 0.5) is 5.00 Å². The summed E-state index contributed by atoms with van der Waals surface area (Å²) in [7, 11) is 1.59. The molecule has 30 heavy (non-hydrogen) atoms. The molecule has 0 bridgehead atoms. The minimum absolute atomic E-state index is 0.0231. The number of methoxy groups -OCH3 is 1. The van der Waals surface area contributed by atoms with Gasteiger partial charge in [-0.25, -0.2) is 4.98 Å². The molecule has 0 aliphatic carbocycles. The van der Waals surface area contributed by atoms with E-state index >= 15 is 0 Å². The molecule has 3 rings (SSSR count). The second kappa shape index (κ2) is 11.0. The Balaban J connectivity index is 1.79. The molecule has 1 aliphatic rings.